The molecule has 0 saturated heterocycles. The highest BCUT2D eigenvalue weighted by molar-refractivity contribution is 9.10. The minimum Gasteiger partial charge on any atom is -0.383 e. The summed E-state index contributed by atoms with van der Waals surface area (Å²) in [5.41, 5.74) is 12.1. The van der Waals surface area contributed by atoms with Gasteiger partial charge in [0.15, 0.2) is 5.65 Å². The standard InChI is InChI=1S/C22H20BrN5/c1-28(2)18-8-6-15(7-9-18)19-12-16(10-14-4-3-5-17(23)11-14)20-21(24)25-13-26-22(20)27-19/h3-9,11-13H,10H2,1-2H3,(H2,24,25,26,27). The van der Waals surface area contributed by atoms with E-state index >= 15 is 0 Å². The molecule has 2 N–H and O–H groups in total. The smallest absolute Gasteiger partial charge is 0.165 e. The summed E-state index contributed by atoms with van der Waals surface area (Å²) in [7, 11) is 4.05. The predicted octanol–water partition coefficient (Wildman–Crippen LogP) is 4.69. The van der Waals surface area contributed by atoms with Gasteiger partial charge in [-0.2, -0.15) is 0 Å². The van der Waals surface area contributed by atoms with Gasteiger partial charge in [0.1, 0.15) is 12.1 Å². The fourth-order valence-electron chi connectivity index (χ4n) is 3.25. The van der Waals surface area contributed by atoms with E-state index in [4.69, 9.17) is 10.7 Å². The van der Waals surface area contributed by atoms with Gasteiger partial charge in [0.05, 0.1) is 11.1 Å². The number of halogens is 1. The molecule has 0 bridgehead atoms. The predicted molar refractivity (Wildman–Crippen MR) is 118 cm³/mol. The maximum atomic E-state index is 6.18. The van der Waals surface area contributed by atoms with Crippen molar-refractivity contribution in [2.45, 2.75) is 6.42 Å². The van der Waals surface area contributed by atoms with Gasteiger partial charge in [-0.05, 0) is 47.9 Å². The molecule has 4 aromatic rings. The van der Waals surface area contributed by atoms with Crippen molar-refractivity contribution in [2.24, 2.45) is 0 Å². The Labute approximate surface area is 172 Å². The van der Waals surface area contributed by atoms with Crippen LogP contribution >= 0.6 is 15.9 Å². The van der Waals surface area contributed by atoms with Crippen molar-refractivity contribution in [2.75, 3.05) is 24.7 Å². The van der Waals surface area contributed by atoms with Crippen molar-refractivity contribution in [3.63, 3.8) is 0 Å². The molecule has 140 valence electrons. The highest BCUT2D eigenvalue weighted by Gasteiger charge is 2.13. The van der Waals surface area contributed by atoms with Gasteiger partial charge in [0.25, 0.3) is 0 Å². The third kappa shape index (κ3) is 3.68. The summed E-state index contributed by atoms with van der Waals surface area (Å²) in [6, 6.07) is 18.7. The highest BCUT2D eigenvalue weighted by Crippen LogP contribution is 2.29. The summed E-state index contributed by atoms with van der Waals surface area (Å²) >= 11 is 3.54. The van der Waals surface area contributed by atoms with Crippen LogP contribution in [-0.4, -0.2) is 29.0 Å². The molecule has 5 nitrogen and oxygen atoms in total. The Hall–Kier alpha value is -2.99. The van der Waals surface area contributed by atoms with Crippen LogP contribution in [0.25, 0.3) is 22.3 Å². The summed E-state index contributed by atoms with van der Waals surface area (Å²) in [4.78, 5) is 15.4. The monoisotopic (exact) mass is 433 g/mol. The molecular weight excluding hydrogens is 414 g/mol. The molecule has 28 heavy (non-hydrogen) atoms. The Morgan fingerprint density at radius 3 is 2.50 bits per heavy atom. The van der Waals surface area contributed by atoms with Crippen molar-refractivity contribution >= 4 is 38.5 Å². The maximum absolute atomic E-state index is 6.18. The Kier molecular flexibility index (Phi) is 4.96. The van der Waals surface area contributed by atoms with E-state index in [2.05, 4.69) is 73.3 Å². The average Bonchev–Trinajstić information content (AvgIpc) is 2.68. The van der Waals surface area contributed by atoms with Crippen LogP contribution in [0.5, 0.6) is 0 Å². The maximum Gasteiger partial charge on any atom is 0.165 e. The third-order valence-corrected chi connectivity index (χ3v) is 5.17. The van der Waals surface area contributed by atoms with E-state index in [1.165, 1.54) is 11.9 Å². The first-order chi connectivity index (χ1) is 13.5. The molecule has 0 spiro atoms. The molecule has 2 aromatic heterocycles. The molecule has 2 heterocycles. The number of nitrogens with zero attached hydrogens (tertiary/aromatic N) is 4. The van der Waals surface area contributed by atoms with Gasteiger partial charge in [-0.25, -0.2) is 15.0 Å². The van der Waals surface area contributed by atoms with Gasteiger partial charge in [0.2, 0.25) is 0 Å². The van der Waals surface area contributed by atoms with E-state index in [0.717, 1.165) is 38.8 Å². The topological polar surface area (TPSA) is 67.9 Å². The summed E-state index contributed by atoms with van der Waals surface area (Å²) in [5.74, 6) is 0.456. The SMILES string of the molecule is CN(C)c1ccc(-c2cc(Cc3cccc(Br)c3)c3c(N)ncnc3n2)cc1. The number of hydrogen-bond acceptors (Lipinski definition) is 5. The molecular formula is C22H20BrN5. The van der Waals surface area contributed by atoms with Crippen LogP contribution in [-0.2, 0) is 6.42 Å². The average molecular weight is 434 g/mol. The third-order valence-electron chi connectivity index (χ3n) is 4.68. The number of anilines is 2. The second-order valence-corrected chi connectivity index (χ2v) is 7.79. The molecule has 0 amide bonds. The Bertz CT molecular complexity index is 1140. The van der Waals surface area contributed by atoms with Crippen molar-refractivity contribution in [1.82, 2.24) is 15.0 Å². The minimum atomic E-state index is 0.456. The summed E-state index contributed by atoms with van der Waals surface area (Å²) in [6.45, 7) is 0. The Morgan fingerprint density at radius 1 is 1.00 bits per heavy atom. The number of benzene rings is 2. The first-order valence-electron chi connectivity index (χ1n) is 8.93. The first kappa shape index (κ1) is 18.4. The van der Waals surface area contributed by atoms with E-state index < -0.39 is 0 Å². The number of pyridine rings is 1. The Morgan fingerprint density at radius 2 is 1.79 bits per heavy atom. The van der Waals surface area contributed by atoms with Crippen molar-refractivity contribution in [3.05, 3.63) is 76.5 Å². The zero-order chi connectivity index (χ0) is 19.7. The lowest BCUT2D eigenvalue weighted by molar-refractivity contribution is 1.13. The van der Waals surface area contributed by atoms with Crippen molar-refractivity contribution in [1.29, 1.82) is 0 Å². The number of aromatic nitrogens is 3. The molecule has 4 rings (SSSR count). The van der Waals surface area contributed by atoms with Crippen molar-refractivity contribution in [3.8, 4) is 11.3 Å². The molecule has 0 aliphatic heterocycles. The summed E-state index contributed by atoms with van der Waals surface area (Å²) in [6.07, 6.45) is 2.19. The van der Waals surface area contributed by atoms with Crippen LogP contribution in [0, 0.1) is 0 Å². The number of fused-ring (bicyclic) bond motifs is 1. The minimum absolute atomic E-state index is 0.456. The van der Waals surface area contributed by atoms with Gasteiger partial charge in [-0.15, -0.1) is 0 Å². The lowest BCUT2D eigenvalue weighted by Gasteiger charge is -2.14. The molecule has 0 atom stereocenters. The second kappa shape index (κ2) is 7.56. The van der Waals surface area contributed by atoms with Crippen molar-refractivity contribution < 1.29 is 0 Å². The quantitative estimate of drug-likeness (QED) is 0.505. The summed E-state index contributed by atoms with van der Waals surface area (Å²) in [5, 5.41) is 0.816. The van der Waals surface area contributed by atoms with E-state index in [1.807, 2.05) is 26.2 Å². The number of hydrogen-bond donors (Lipinski definition) is 1. The van der Waals surface area contributed by atoms with Gasteiger partial charge >= 0.3 is 0 Å². The van der Waals surface area contributed by atoms with Gasteiger partial charge in [-0.3, -0.25) is 0 Å². The highest BCUT2D eigenvalue weighted by atomic mass is 79.9. The zero-order valence-corrected chi connectivity index (χ0v) is 17.3. The molecule has 0 aliphatic carbocycles. The number of nitrogens with two attached hydrogens (primary N) is 1. The normalized spacial score (nSPS) is 11.0. The fraction of sp³-hybridized carbons (Fsp3) is 0.136. The van der Waals surface area contributed by atoms with E-state index in [0.29, 0.717) is 11.5 Å². The van der Waals surface area contributed by atoms with Gasteiger partial charge in [-0.1, -0.05) is 40.2 Å². The van der Waals surface area contributed by atoms with Crippen LogP contribution in [0.1, 0.15) is 11.1 Å². The molecule has 2 aromatic carbocycles. The lowest BCUT2D eigenvalue weighted by atomic mass is 10.00. The molecule has 0 fully saturated rings. The molecule has 0 radical (unpaired) electrons. The largest absolute Gasteiger partial charge is 0.383 e. The van der Waals surface area contributed by atoms with Crippen LogP contribution in [0.3, 0.4) is 0 Å². The number of nitrogen functional groups attached to an aromatic ring is 1. The lowest BCUT2D eigenvalue weighted by Crippen LogP contribution is -2.08. The molecule has 6 heteroatoms. The van der Waals surface area contributed by atoms with E-state index in [-0.39, 0.29) is 0 Å². The van der Waals surface area contributed by atoms with E-state index in [9.17, 15) is 0 Å². The molecule has 0 aliphatic rings. The molecule has 0 saturated carbocycles. The van der Waals surface area contributed by atoms with Crippen LogP contribution in [0.15, 0.2) is 65.4 Å². The van der Waals surface area contributed by atoms with Crippen LogP contribution in [0.4, 0.5) is 11.5 Å². The summed E-state index contributed by atoms with van der Waals surface area (Å²) < 4.78 is 1.05. The molecule has 0 unspecified atom stereocenters. The first-order valence-corrected chi connectivity index (χ1v) is 9.73. The second-order valence-electron chi connectivity index (χ2n) is 6.87. The Balaban J connectivity index is 1.85. The van der Waals surface area contributed by atoms with Gasteiger partial charge in [0, 0.05) is 29.8 Å². The number of rotatable bonds is 4. The van der Waals surface area contributed by atoms with Gasteiger partial charge < -0.3 is 10.6 Å². The van der Waals surface area contributed by atoms with Crippen LogP contribution < -0.4 is 10.6 Å². The van der Waals surface area contributed by atoms with Crippen LogP contribution in [0.2, 0.25) is 0 Å². The van der Waals surface area contributed by atoms with E-state index in [1.54, 1.807) is 0 Å². The zero-order valence-electron chi connectivity index (χ0n) is 15.7. The fourth-order valence-corrected chi connectivity index (χ4v) is 3.70.